The van der Waals surface area contributed by atoms with Crippen LogP contribution in [0.1, 0.15) is 49.1 Å². The Morgan fingerprint density at radius 2 is 1.43 bits per heavy atom. The highest BCUT2D eigenvalue weighted by atomic mass is 16.6. The van der Waals surface area contributed by atoms with Crippen LogP contribution in [-0.2, 0) is 4.74 Å². The summed E-state index contributed by atoms with van der Waals surface area (Å²) < 4.78 is 11.8. The Hall–Kier alpha value is -3.31. The van der Waals surface area contributed by atoms with E-state index >= 15 is 0 Å². The van der Waals surface area contributed by atoms with E-state index in [1.807, 2.05) is 47.4 Å². The Balaban J connectivity index is 1.09. The summed E-state index contributed by atoms with van der Waals surface area (Å²) in [4.78, 5) is 15.1. The number of carbonyl (C=O) groups excluding carboxylic acids is 1. The molecule has 2 atom stereocenters. The highest BCUT2D eigenvalue weighted by Gasteiger charge is 2.50. The van der Waals surface area contributed by atoms with Crippen molar-refractivity contribution in [2.24, 2.45) is 0 Å². The second kappa shape index (κ2) is 9.04. The molecule has 0 spiro atoms. The Morgan fingerprint density at radius 3 is 2.06 bits per heavy atom. The van der Waals surface area contributed by atoms with Gasteiger partial charge in [-0.3, -0.25) is 0 Å². The van der Waals surface area contributed by atoms with Crippen LogP contribution in [0.5, 0.6) is 5.75 Å². The van der Waals surface area contributed by atoms with E-state index in [1.165, 1.54) is 22.3 Å². The van der Waals surface area contributed by atoms with E-state index in [0.29, 0.717) is 32.5 Å². The number of carbonyl (C=O) groups is 1. The Bertz CT molecular complexity index is 1150. The third kappa shape index (κ3) is 4.19. The Labute approximate surface area is 206 Å². The largest absolute Gasteiger partial charge is 0.493 e. The number of hydrogen-bond acceptors (Lipinski definition) is 4. The molecule has 1 amide bonds. The van der Waals surface area contributed by atoms with Gasteiger partial charge in [-0.15, -0.1) is 0 Å². The molecule has 0 radical (unpaired) electrons. The fraction of sp³-hybridized carbons (Fsp3) is 0.367. The van der Waals surface area contributed by atoms with Gasteiger partial charge in [-0.05, 0) is 60.1 Å². The molecule has 1 N–H and O–H groups in total. The van der Waals surface area contributed by atoms with E-state index < -0.39 is 5.60 Å². The maximum atomic E-state index is 13.2. The molecular formula is C30H31NO4. The average Bonchev–Trinajstić information content (AvgIpc) is 3.35. The number of hydrogen-bond donors (Lipinski definition) is 1. The minimum atomic E-state index is -0.805. The first-order chi connectivity index (χ1) is 17.1. The van der Waals surface area contributed by atoms with Crippen LogP contribution in [0.25, 0.3) is 11.1 Å². The van der Waals surface area contributed by atoms with E-state index in [1.54, 1.807) is 0 Å². The SMILES string of the molecule is O=C(OCC1c2ccccc2-c2ccccc21)N1C2CCC1CC(O)(CCOc1ccccc1)C2. The van der Waals surface area contributed by atoms with Crippen LogP contribution >= 0.6 is 0 Å². The van der Waals surface area contributed by atoms with Gasteiger partial charge >= 0.3 is 6.09 Å². The molecule has 2 aliphatic heterocycles. The van der Waals surface area contributed by atoms with Gasteiger partial charge in [-0.25, -0.2) is 4.79 Å². The van der Waals surface area contributed by atoms with Crippen molar-refractivity contribution >= 4 is 6.09 Å². The summed E-state index contributed by atoms with van der Waals surface area (Å²) in [5.41, 5.74) is 4.09. The van der Waals surface area contributed by atoms with Gasteiger partial charge < -0.3 is 19.5 Å². The number of nitrogens with zero attached hydrogens (tertiary/aromatic N) is 1. The summed E-state index contributed by atoms with van der Waals surface area (Å²) in [6, 6.07) is 26.5. The predicted molar refractivity (Wildman–Crippen MR) is 134 cm³/mol. The van der Waals surface area contributed by atoms with Crippen molar-refractivity contribution in [2.45, 2.75) is 55.7 Å². The van der Waals surface area contributed by atoms with Gasteiger partial charge in [0.15, 0.2) is 0 Å². The van der Waals surface area contributed by atoms with Gasteiger partial charge in [0, 0.05) is 24.4 Å². The molecule has 2 fully saturated rings. The highest BCUT2D eigenvalue weighted by molar-refractivity contribution is 5.79. The zero-order valence-electron chi connectivity index (χ0n) is 19.8. The molecule has 3 aliphatic rings. The van der Waals surface area contributed by atoms with Gasteiger partial charge in [0.05, 0.1) is 12.2 Å². The van der Waals surface area contributed by atoms with Crippen molar-refractivity contribution in [1.29, 1.82) is 0 Å². The third-order valence-electron chi connectivity index (χ3n) is 7.98. The number of amides is 1. The number of fused-ring (bicyclic) bond motifs is 5. The molecule has 5 nitrogen and oxygen atoms in total. The number of rotatable bonds is 6. The molecule has 2 heterocycles. The van der Waals surface area contributed by atoms with Crippen molar-refractivity contribution in [3.63, 3.8) is 0 Å². The summed E-state index contributed by atoms with van der Waals surface area (Å²) in [6.45, 7) is 0.795. The molecule has 0 saturated carbocycles. The summed E-state index contributed by atoms with van der Waals surface area (Å²) in [5, 5.41) is 11.3. The van der Waals surface area contributed by atoms with Gasteiger partial charge in [0.2, 0.25) is 0 Å². The number of aliphatic hydroxyl groups is 1. The fourth-order valence-corrected chi connectivity index (χ4v) is 6.37. The second-order valence-electron chi connectivity index (χ2n) is 10.1. The molecule has 5 heteroatoms. The molecular weight excluding hydrogens is 438 g/mol. The van der Waals surface area contributed by atoms with Crippen molar-refractivity contribution in [3.8, 4) is 16.9 Å². The molecule has 2 saturated heterocycles. The minimum Gasteiger partial charge on any atom is -0.493 e. The lowest BCUT2D eigenvalue weighted by Crippen LogP contribution is -2.53. The third-order valence-corrected chi connectivity index (χ3v) is 7.98. The molecule has 3 aromatic rings. The number of ether oxygens (including phenoxy) is 2. The normalized spacial score (nSPS) is 24.7. The number of piperidine rings is 1. The smallest absolute Gasteiger partial charge is 0.410 e. The fourth-order valence-electron chi connectivity index (χ4n) is 6.37. The lowest BCUT2D eigenvalue weighted by molar-refractivity contribution is -0.0592. The molecule has 6 rings (SSSR count). The second-order valence-corrected chi connectivity index (χ2v) is 10.1. The summed E-state index contributed by atoms with van der Waals surface area (Å²) in [6.07, 6.45) is 3.29. The molecule has 180 valence electrons. The van der Waals surface area contributed by atoms with Crippen molar-refractivity contribution < 1.29 is 19.4 Å². The van der Waals surface area contributed by atoms with Crippen molar-refractivity contribution in [3.05, 3.63) is 90.0 Å². The first-order valence-corrected chi connectivity index (χ1v) is 12.6. The standard InChI is InChI=1S/C30H31NO4/c32-29(35-20-28-26-12-6-4-10-24(26)25-11-5-7-13-27(25)28)31-21-14-15-22(31)19-30(33,18-21)16-17-34-23-8-2-1-3-9-23/h1-13,21-22,28,33H,14-20H2. The summed E-state index contributed by atoms with van der Waals surface area (Å²) >= 11 is 0. The quantitative estimate of drug-likeness (QED) is 0.499. The highest BCUT2D eigenvalue weighted by Crippen LogP contribution is 2.46. The van der Waals surface area contributed by atoms with Crippen LogP contribution < -0.4 is 4.74 Å². The van der Waals surface area contributed by atoms with Crippen LogP contribution in [0.15, 0.2) is 78.9 Å². The van der Waals surface area contributed by atoms with Gasteiger partial charge in [0.25, 0.3) is 0 Å². The maximum Gasteiger partial charge on any atom is 0.410 e. The minimum absolute atomic E-state index is 0.0196. The average molecular weight is 470 g/mol. The molecule has 1 aliphatic carbocycles. The van der Waals surface area contributed by atoms with Gasteiger partial charge in [0.1, 0.15) is 12.4 Å². The lowest BCUT2D eigenvalue weighted by atomic mass is 9.84. The van der Waals surface area contributed by atoms with E-state index in [2.05, 4.69) is 36.4 Å². The molecule has 2 unspecified atom stereocenters. The van der Waals surface area contributed by atoms with E-state index in [-0.39, 0.29) is 24.1 Å². The molecule has 2 bridgehead atoms. The zero-order chi connectivity index (χ0) is 23.8. The van der Waals surface area contributed by atoms with Crippen LogP contribution in [-0.4, -0.2) is 47.0 Å². The van der Waals surface area contributed by atoms with E-state index in [4.69, 9.17) is 9.47 Å². The Kier molecular flexibility index (Phi) is 5.73. The molecule has 35 heavy (non-hydrogen) atoms. The number of para-hydroxylation sites is 1. The topological polar surface area (TPSA) is 59.0 Å². The number of benzene rings is 3. The monoisotopic (exact) mass is 469 g/mol. The first kappa shape index (κ1) is 22.2. The molecule has 3 aromatic carbocycles. The van der Waals surface area contributed by atoms with Crippen LogP contribution in [0.3, 0.4) is 0 Å². The zero-order valence-corrected chi connectivity index (χ0v) is 19.8. The van der Waals surface area contributed by atoms with Gasteiger partial charge in [-0.2, -0.15) is 0 Å². The van der Waals surface area contributed by atoms with Crippen LogP contribution in [0, 0.1) is 0 Å². The van der Waals surface area contributed by atoms with E-state index in [0.717, 1.165) is 18.6 Å². The van der Waals surface area contributed by atoms with Crippen molar-refractivity contribution in [2.75, 3.05) is 13.2 Å². The predicted octanol–water partition coefficient (Wildman–Crippen LogP) is 5.76. The summed E-state index contributed by atoms with van der Waals surface area (Å²) in [7, 11) is 0. The van der Waals surface area contributed by atoms with Crippen molar-refractivity contribution in [1.82, 2.24) is 4.90 Å². The summed E-state index contributed by atoms with van der Waals surface area (Å²) in [5.74, 6) is 0.871. The molecule has 0 aromatic heterocycles. The van der Waals surface area contributed by atoms with E-state index in [9.17, 15) is 9.90 Å². The maximum absolute atomic E-state index is 13.2. The van der Waals surface area contributed by atoms with Crippen LogP contribution in [0.2, 0.25) is 0 Å². The first-order valence-electron chi connectivity index (χ1n) is 12.6. The lowest BCUT2D eigenvalue weighted by Gasteiger charge is -2.43. The Morgan fingerprint density at radius 1 is 0.857 bits per heavy atom. The van der Waals surface area contributed by atoms with Crippen LogP contribution in [0.4, 0.5) is 4.79 Å². The van der Waals surface area contributed by atoms with Gasteiger partial charge in [-0.1, -0.05) is 66.7 Å².